The number of sulfone groups is 1. The fraction of sp³-hybridized carbons (Fsp3) is 0.273. The van der Waals surface area contributed by atoms with Crippen molar-refractivity contribution in [3.05, 3.63) is 68.0 Å². The van der Waals surface area contributed by atoms with E-state index in [1.54, 1.807) is 25.1 Å². The summed E-state index contributed by atoms with van der Waals surface area (Å²) in [6.07, 6.45) is 1.96. The third-order valence-electron chi connectivity index (χ3n) is 5.68. The van der Waals surface area contributed by atoms with Crippen molar-refractivity contribution < 1.29 is 18.0 Å². The molecular formula is C22H20BrCl2N5O4S. The largest absolute Gasteiger partial charge is 0.344 e. The predicted octanol–water partition coefficient (Wildman–Crippen LogP) is 4.20. The number of nitrogens with one attached hydrogen (secondary N) is 2. The molecule has 184 valence electrons. The van der Waals surface area contributed by atoms with E-state index in [1.807, 2.05) is 6.92 Å². The maximum atomic E-state index is 13.3. The van der Waals surface area contributed by atoms with Crippen LogP contribution in [0.2, 0.25) is 10.0 Å². The molecule has 2 amide bonds. The Morgan fingerprint density at radius 1 is 1.20 bits per heavy atom. The molecule has 0 saturated carbocycles. The van der Waals surface area contributed by atoms with Crippen LogP contribution in [0.15, 0.2) is 41.1 Å². The lowest BCUT2D eigenvalue weighted by molar-refractivity contribution is 0.0909. The lowest BCUT2D eigenvalue weighted by Gasteiger charge is -2.41. The van der Waals surface area contributed by atoms with Gasteiger partial charge in [0.1, 0.15) is 10.3 Å². The van der Waals surface area contributed by atoms with Crippen LogP contribution >= 0.6 is 39.1 Å². The summed E-state index contributed by atoms with van der Waals surface area (Å²) in [5.74, 6) is -1.12. The molecule has 0 bridgehead atoms. The molecule has 9 nitrogen and oxygen atoms in total. The summed E-state index contributed by atoms with van der Waals surface area (Å²) in [6.45, 7) is 3.51. The standard InChI is InChI=1S/C22H20BrCl2N5O4S/c1-3-22(10-35(33,34)11-22)28-20(31)14-8-13(24)7-12(2)18(14)27-21(32)16-9-17(23)29-30(16)19-15(25)5-4-6-26-19/h4-9H,3,10-11H2,1-2H3,(H,27,32)(H,28,31). The molecular weight excluding hydrogens is 581 g/mol. The molecule has 0 spiro atoms. The van der Waals surface area contributed by atoms with Gasteiger partial charge in [0.25, 0.3) is 11.8 Å². The van der Waals surface area contributed by atoms with E-state index < -0.39 is 27.2 Å². The Kier molecular flexibility index (Phi) is 6.98. The molecule has 0 atom stereocenters. The zero-order valence-electron chi connectivity index (χ0n) is 18.6. The van der Waals surface area contributed by atoms with E-state index in [2.05, 4.69) is 36.6 Å². The first-order chi connectivity index (χ1) is 16.4. The molecule has 2 N–H and O–H groups in total. The van der Waals surface area contributed by atoms with E-state index in [4.69, 9.17) is 23.2 Å². The number of hydrogen-bond donors (Lipinski definition) is 2. The zero-order chi connectivity index (χ0) is 25.5. The van der Waals surface area contributed by atoms with E-state index in [0.29, 0.717) is 26.6 Å². The molecule has 1 aromatic carbocycles. The van der Waals surface area contributed by atoms with Crippen LogP contribution in [0.4, 0.5) is 5.69 Å². The number of rotatable bonds is 6. The summed E-state index contributed by atoms with van der Waals surface area (Å²) in [5.41, 5.74) is 0.159. The summed E-state index contributed by atoms with van der Waals surface area (Å²) in [6, 6.07) is 7.81. The summed E-state index contributed by atoms with van der Waals surface area (Å²) < 4.78 is 25.2. The first kappa shape index (κ1) is 25.6. The number of carbonyl (C=O) groups is 2. The molecule has 13 heteroatoms. The monoisotopic (exact) mass is 599 g/mol. The minimum atomic E-state index is -3.18. The van der Waals surface area contributed by atoms with Gasteiger partial charge >= 0.3 is 0 Å². The highest BCUT2D eigenvalue weighted by molar-refractivity contribution is 9.10. The summed E-state index contributed by atoms with van der Waals surface area (Å²) in [5, 5.41) is 10.4. The molecule has 0 radical (unpaired) electrons. The van der Waals surface area contributed by atoms with Gasteiger partial charge in [-0.05, 0) is 59.1 Å². The van der Waals surface area contributed by atoms with Crippen LogP contribution in [0.1, 0.15) is 39.8 Å². The lowest BCUT2D eigenvalue weighted by atomic mass is 9.98. The van der Waals surface area contributed by atoms with Gasteiger partial charge in [-0.1, -0.05) is 30.1 Å². The van der Waals surface area contributed by atoms with E-state index in [0.717, 1.165) is 0 Å². The minimum Gasteiger partial charge on any atom is -0.344 e. The van der Waals surface area contributed by atoms with Gasteiger partial charge in [0.2, 0.25) is 0 Å². The van der Waals surface area contributed by atoms with Gasteiger partial charge in [-0.2, -0.15) is 5.10 Å². The van der Waals surface area contributed by atoms with Crippen molar-refractivity contribution >= 4 is 66.5 Å². The third-order valence-corrected chi connectivity index (χ3v) is 8.57. The van der Waals surface area contributed by atoms with Gasteiger partial charge in [0.05, 0.1) is 33.3 Å². The molecule has 0 aliphatic carbocycles. The number of aryl methyl sites for hydroxylation is 1. The van der Waals surface area contributed by atoms with Crippen molar-refractivity contribution in [3.8, 4) is 5.82 Å². The van der Waals surface area contributed by atoms with Crippen LogP contribution in [0.3, 0.4) is 0 Å². The van der Waals surface area contributed by atoms with Crippen molar-refractivity contribution in [2.75, 3.05) is 16.8 Å². The van der Waals surface area contributed by atoms with Crippen molar-refractivity contribution in [2.45, 2.75) is 25.8 Å². The number of halogens is 3. The zero-order valence-corrected chi connectivity index (χ0v) is 22.5. The average molecular weight is 601 g/mol. The van der Waals surface area contributed by atoms with Gasteiger partial charge in [-0.25, -0.2) is 18.1 Å². The van der Waals surface area contributed by atoms with Crippen molar-refractivity contribution in [2.24, 2.45) is 0 Å². The Morgan fingerprint density at radius 2 is 1.91 bits per heavy atom. The predicted molar refractivity (Wildman–Crippen MR) is 137 cm³/mol. The van der Waals surface area contributed by atoms with Crippen LogP contribution in [0, 0.1) is 6.92 Å². The third kappa shape index (κ3) is 5.23. The Bertz CT molecular complexity index is 1450. The van der Waals surface area contributed by atoms with Crippen molar-refractivity contribution in [1.29, 1.82) is 0 Å². The second-order valence-corrected chi connectivity index (χ2v) is 12.0. The number of benzene rings is 1. The number of anilines is 1. The van der Waals surface area contributed by atoms with Crippen LogP contribution in [0.25, 0.3) is 5.82 Å². The van der Waals surface area contributed by atoms with Crippen LogP contribution in [-0.2, 0) is 9.84 Å². The molecule has 2 aromatic heterocycles. The van der Waals surface area contributed by atoms with Crippen LogP contribution in [-0.4, -0.2) is 52.0 Å². The normalized spacial score (nSPS) is 15.8. The SMILES string of the molecule is CCC1(NC(=O)c2cc(Cl)cc(C)c2NC(=O)c2cc(Br)nn2-c2ncccc2Cl)CS(=O)(=O)C1. The second kappa shape index (κ2) is 9.53. The van der Waals surface area contributed by atoms with Gasteiger partial charge in [-0.15, -0.1) is 0 Å². The summed E-state index contributed by atoms with van der Waals surface area (Å²) >= 11 is 15.7. The van der Waals surface area contributed by atoms with E-state index in [9.17, 15) is 18.0 Å². The molecule has 3 heterocycles. The molecule has 1 saturated heterocycles. The van der Waals surface area contributed by atoms with Crippen molar-refractivity contribution in [3.63, 3.8) is 0 Å². The Labute approximate surface area is 220 Å². The number of pyridine rings is 1. The number of amides is 2. The maximum Gasteiger partial charge on any atom is 0.274 e. The fourth-order valence-electron chi connectivity index (χ4n) is 3.95. The quantitative estimate of drug-likeness (QED) is 0.437. The van der Waals surface area contributed by atoms with Crippen LogP contribution < -0.4 is 10.6 Å². The maximum absolute atomic E-state index is 13.3. The highest BCUT2D eigenvalue weighted by Crippen LogP contribution is 2.31. The molecule has 1 aliphatic rings. The fourth-order valence-corrected chi connectivity index (χ4v) is 6.95. The average Bonchev–Trinajstić information content (AvgIpc) is 3.15. The van der Waals surface area contributed by atoms with Crippen LogP contribution in [0.5, 0.6) is 0 Å². The Morgan fingerprint density at radius 3 is 2.54 bits per heavy atom. The van der Waals surface area contributed by atoms with E-state index in [1.165, 1.54) is 23.0 Å². The molecule has 4 rings (SSSR count). The first-order valence-corrected chi connectivity index (χ1v) is 13.8. The smallest absolute Gasteiger partial charge is 0.274 e. The molecule has 35 heavy (non-hydrogen) atoms. The number of aromatic nitrogens is 3. The van der Waals surface area contributed by atoms with Crippen molar-refractivity contribution in [1.82, 2.24) is 20.1 Å². The summed E-state index contributed by atoms with van der Waals surface area (Å²) in [4.78, 5) is 30.8. The first-order valence-electron chi connectivity index (χ1n) is 10.4. The number of nitrogens with zero attached hydrogens (tertiary/aromatic N) is 3. The minimum absolute atomic E-state index is 0.112. The Hall–Kier alpha value is -2.47. The topological polar surface area (TPSA) is 123 Å². The Balaban J connectivity index is 1.68. The van der Waals surface area contributed by atoms with Gasteiger partial charge in [0, 0.05) is 17.3 Å². The highest BCUT2D eigenvalue weighted by atomic mass is 79.9. The van der Waals surface area contributed by atoms with Gasteiger partial charge in [-0.3, -0.25) is 9.59 Å². The lowest BCUT2D eigenvalue weighted by Crippen LogP contribution is -2.65. The molecule has 1 fully saturated rings. The summed E-state index contributed by atoms with van der Waals surface area (Å²) in [7, 11) is -3.18. The molecule has 0 unspecified atom stereocenters. The highest BCUT2D eigenvalue weighted by Gasteiger charge is 2.48. The second-order valence-electron chi connectivity index (χ2n) is 8.29. The number of hydrogen-bond acceptors (Lipinski definition) is 6. The molecule has 3 aromatic rings. The number of carbonyl (C=O) groups excluding carboxylic acids is 2. The van der Waals surface area contributed by atoms with E-state index in [-0.39, 0.29) is 34.3 Å². The van der Waals surface area contributed by atoms with E-state index >= 15 is 0 Å². The van der Waals surface area contributed by atoms with Gasteiger partial charge in [0.15, 0.2) is 15.7 Å². The molecule has 1 aliphatic heterocycles. The van der Waals surface area contributed by atoms with Gasteiger partial charge < -0.3 is 10.6 Å².